The average Bonchev–Trinajstić information content (AvgIpc) is 2.74. The number of aromatic amines is 1. The standard InChI is InChI=1S/C9H10N4/c1-5-2-6(5)8-12-7-3-10-4-11-9(7)13-8/h3-6H,2H2,1H3,(H,10,11,12,13). The maximum absolute atomic E-state index is 4.42. The lowest BCUT2D eigenvalue weighted by Crippen LogP contribution is -1.83. The summed E-state index contributed by atoms with van der Waals surface area (Å²) in [6.45, 7) is 2.24. The van der Waals surface area contributed by atoms with Gasteiger partial charge in [0.05, 0.1) is 6.20 Å². The SMILES string of the molecule is CC1CC1c1nc2ncncc2[nH]1. The minimum Gasteiger partial charge on any atom is -0.339 e. The number of H-pyrrole nitrogens is 1. The summed E-state index contributed by atoms with van der Waals surface area (Å²) in [6.07, 6.45) is 4.54. The summed E-state index contributed by atoms with van der Waals surface area (Å²) in [6, 6.07) is 0. The Hall–Kier alpha value is -1.45. The topological polar surface area (TPSA) is 54.5 Å². The number of rotatable bonds is 1. The molecule has 2 aromatic rings. The Labute approximate surface area is 75.4 Å². The predicted molar refractivity (Wildman–Crippen MR) is 48.2 cm³/mol. The van der Waals surface area contributed by atoms with Crippen molar-refractivity contribution in [2.45, 2.75) is 19.3 Å². The molecule has 1 saturated carbocycles. The normalized spacial score (nSPS) is 26.5. The lowest BCUT2D eigenvalue weighted by Gasteiger charge is -1.86. The fraction of sp³-hybridized carbons (Fsp3) is 0.444. The summed E-state index contributed by atoms with van der Waals surface area (Å²) in [5.74, 6) is 2.46. The van der Waals surface area contributed by atoms with Crippen LogP contribution in [0.2, 0.25) is 0 Å². The molecule has 1 N–H and O–H groups in total. The number of fused-ring (bicyclic) bond motifs is 1. The lowest BCUT2D eigenvalue weighted by molar-refractivity contribution is 0.866. The zero-order chi connectivity index (χ0) is 8.84. The second-order valence-electron chi connectivity index (χ2n) is 3.70. The molecule has 2 atom stereocenters. The van der Waals surface area contributed by atoms with Gasteiger partial charge in [0, 0.05) is 5.92 Å². The Morgan fingerprint density at radius 2 is 2.38 bits per heavy atom. The highest BCUT2D eigenvalue weighted by molar-refractivity contribution is 5.68. The van der Waals surface area contributed by atoms with E-state index in [2.05, 4.69) is 26.9 Å². The van der Waals surface area contributed by atoms with Gasteiger partial charge in [-0.1, -0.05) is 6.92 Å². The quantitative estimate of drug-likeness (QED) is 0.712. The molecule has 66 valence electrons. The smallest absolute Gasteiger partial charge is 0.180 e. The maximum atomic E-state index is 4.42. The van der Waals surface area contributed by atoms with E-state index in [1.807, 2.05) is 0 Å². The van der Waals surface area contributed by atoms with Gasteiger partial charge in [0.2, 0.25) is 0 Å². The second-order valence-corrected chi connectivity index (χ2v) is 3.70. The predicted octanol–water partition coefficient (Wildman–Crippen LogP) is 1.48. The van der Waals surface area contributed by atoms with Crippen LogP contribution >= 0.6 is 0 Å². The zero-order valence-electron chi connectivity index (χ0n) is 7.36. The van der Waals surface area contributed by atoms with Gasteiger partial charge in [0.15, 0.2) is 5.65 Å². The molecule has 1 aliphatic rings. The van der Waals surface area contributed by atoms with Gasteiger partial charge in [-0.25, -0.2) is 15.0 Å². The number of hydrogen-bond donors (Lipinski definition) is 1. The Bertz CT molecular complexity index is 415. The maximum Gasteiger partial charge on any atom is 0.180 e. The van der Waals surface area contributed by atoms with Gasteiger partial charge >= 0.3 is 0 Å². The molecule has 0 radical (unpaired) electrons. The Morgan fingerprint density at radius 3 is 3.08 bits per heavy atom. The molecule has 2 unspecified atom stereocenters. The monoisotopic (exact) mass is 174 g/mol. The van der Waals surface area contributed by atoms with Crippen molar-refractivity contribution in [2.24, 2.45) is 5.92 Å². The largest absolute Gasteiger partial charge is 0.339 e. The summed E-state index contributed by atoms with van der Waals surface area (Å²) >= 11 is 0. The van der Waals surface area contributed by atoms with Crippen molar-refractivity contribution in [3.63, 3.8) is 0 Å². The van der Waals surface area contributed by atoms with Crippen LogP contribution in [0.25, 0.3) is 11.2 Å². The molecular weight excluding hydrogens is 164 g/mol. The first-order chi connectivity index (χ1) is 6.34. The first kappa shape index (κ1) is 7.00. The fourth-order valence-corrected chi connectivity index (χ4v) is 1.66. The summed E-state index contributed by atoms with van der Waals surface area (Å²) in [5.41, 5.74) is 1.72. The Kier molecular flexibility index (Phi) is 1.23. The van der Waals surface area contributed by atoms with Gasteiger partial charge in [0.25, 0.3) is 0 Å². The van der Waals surface area contributed by atoms with Gasteiger partial charge in [0.1, 0.15) is 17.7 Å². The van der Waals surface area contributed by atoms with Gasteiger partial charge in [-0.3, -0.25) is 0 Å². The van der Waals surface area contributed by atoms with Crippen LogP contribution in [-0.2, 0) is 0 Å². The van der Waals surface area contributed by atoms with Gasteiger partial charge in [-0.2, -0.15) is 0 Å². The zero-order valence-corrected chi connectivity index (χ0v) is 7.36. The molecule has 1 aliphatic carbocycles. The molecule has 3 rings (SSSR count). The van der Waals surface area contributed by atoms with Crippen LogP contribution in [0.1, 0.15) is 25.1 Å². The van der Waals surface area contributed by atoms with Crippen LogP contribution < -0.4 is 0 Å². The van der Waals surface area contributed by atoms with E-state index in [9.17, 15) is 0 Å². The molecule has 0 aliphatic heterocycles. The molecule has 2 aromatic heterocycles. The molecule has 2 heterocycles. The van der Waals surface area contributed by atoms with Crippen molar-refractivity contribution >= 4 is 11.2 Å². The molecule has 0 saturated heterocycles. The summed E-state index contributed by atoms with van der Waals surface area (Å²) in [4.78, 5) is 15.7. The van der Waals surface area contributed by atoms with Crippen molar-refractivity contribution in [1.29, 1.82) is 0 Å². The molecule has 13 heavy (non-hydrogen) atoms. The van der Waals surface area contributed by atoms with E-state index in [1.165, 1.54) is 12.7 Å². The minimum atomic E-state index is 0.620. The number of nitrogens with one attached hydrogen (secondary N) is 1. The van der Waals surface area contributed by atoms with Crippen molar-refractivity contribution < 1.29 is 0 Å². The summed E-state index contributed by atoms with van der Waals surface area (Å²) in [5, 5.41) is 0. The van der Waals surface area contributed by atoms with Crippen molar-refractivity contribution in [1.82, 2.24) is 19.9 Å². The third-order valence-electron chi connectivity index (χ3n) is 2.64. The minimum absolute atomic E-state index is 0.620. The van der Waals surface area contributed by atoms with E-state index in [-0.39, 0.29) is 0 Å². The molecule has 4 nitrogen and oxygen atoms in total. The molecule has 0 amide bonds. The van der Waals surface area contributed by atoms with Gasteiger partial charge < -0.3 is 4.98 Å². The molecule has 0 aromatic carbocycles. The average molecular weight is 174 g/mol. The number of nitrogens with zero attached hydrogens (tertiary/aromatic N) is 3. The van der Waals surface area contributed by atoms with Crippen molar-refractivity contribution in [3.05, 3.63) is 18.3 Å². The Balaban J connectivity index is 2.12. The van der Waals surface area contributed by atoms with E-state index < -0.39 is 0 Å². The van der Waals surface area contributed by atoms with Crippen molar-refractivity contribution in [3.8, 4) is 0 Å². The molecule has 0 bridgehead atoms. The van der Waals surface area contributed by atoms with E-state index in [1.54, 1.807) is 6.20 Å². The van der Waals surface area contributed by atoms with E-state index in [0.29, 0.717) is 5.92 Å². The highest BCUT2D eigenvalue weighted by Gasteiger charge is 2.36. The molecule has 4 heteroatoms. The van der Waals surface area contributed by atoms with E-state index >= 15 is 0 Å². The van der Waals surface area contributed by atoms with E-state index in [4.69, 9.17) is 0 Å². The first-order valence-corrected chi connectivity index (χ1v) is 4.50. The first-order valence-electron chi connectivity index (χ1n) is 4.50. The van der Waals surface area contributed by atoms with Gasteiger partial charge in [-0.05, 0) is 12.3 Å². The highest BCUT2D eigenvalue weighted by atomic mass is 15.0. The fourth-order valence-electron chi connectivity index (χ4n) is 1.66. The molecule has 1 fully saturated rings. The third-order valence-corrected chi connectivity index (χ3v) is 2.64. The lowest BCUT2D eigenvalue weighted by atomic mass is 10.3. The second kappa shape index (κ2) is 2.28. The van der Waals surface area contributed by atoms with Crippen LogP contribution in [0, 0.1) is 5.92 Å². The summed E-state index contributed by atoms with van der Waals surface area (Å²) < 4.78 is 0. The van der Waals surface area contributed by atoms with Crippen LogP contribution in [0.15, 0.2) is 12.5 Å². The molecule has 0 spiro atoms. The Morgan fingerprint density at radius 1 is 1.54 bits per heavy atom. The number of hydrogen-bond acceptors (Lipinski definition) is 3. The van der Waals surface area contributed by atoms with Gasteiger partial charge in [-0.15, -0.1) is 0 Å². The molecular formula is C9H10N4. The van der Waals surface area contributed by atoms with Crippen LogP contribution in [0.5, 0.6) is 0 Å². The summed E-state index contributed by atoms with van der Waals surface area (Å²) in [7, 11) is 0. The van der Waals surface area contributed by atoms with Crippen molar-refractivity contribution in [2.75, 3.05) is 0 Å². The van der Waals surface area contributed by atoms with E-state index in [0.717, 1.165) is 22.9 Å². The number of aromatic nitrogens is 4. The van der Waals surface area contributed by atoms with Crippen LogP contribution in [0.4, 0.5) is 0 Å². The van der Waals surface area contributed by atoms with Crippen LogP contribution in [-0.4, -0.2) is 19.9 Å². The third kappa shape index (κ3) is 1.02. The number of imidazole rings is 1. The van der Waals surface area contributed by atoms with Crippen LogP contribution in [0.3, 0.4) is 0 Å². The highest BCUT2D eigenvalue weighted by Crippen LogP contribution is 2.45.